The van der Waals surface area contributed by atoms with E-state index in [1.165, 1.54) is 0 Å². The Morgan fingerprint density at radius 2 is 2.29 bits per heavy atom. The Kier molecular flexibility index (Phi) is 4.40. The predicted molar refractivity (Wildman–Crippen MR) is 66.2 cm³/mol. The third-order valence-electron chi connectivity index (χ3n) is 3.09. The lowest BCUT2D eigenvalue weighted by molar-refractivity contribution is 0.0896. The maximum absolute atomic E-state index is 9.61. The van der Waals surface area contributed by atoms with Gasteiger partial charge in [0.15, 0.2) is 0 Å². The molecular weight excluding hydrogens is 216 g/mol. The van der Waals surface area contributed by atoms with Crippen LogP contribution in [0.15, 0.2) is 24.3 Å². The quantitative estimate of drug-likeness (QED) is 0.854. The molecule has 0 spiro atoms. The molecule has 1 fully saturated rings. The molecular formula is C14H20O3. The van der Waals surface area contributed by atoms with Gasteiger partial charge in [0.25, 0.3) is 0 Å². The zero-order valence-corrected chi connectivity index (χ0v) is 10.3. The summed E-state index contributed by atoms with van der Waals surface area (Å²) in [5, 5.41) is 9.61. The van der Waals surface area contributed by atoms with Gasteiger partial charge in [-0.2, -0.15) is 0 Å². The van der Waals surface area contributed by atoms with Crippen molar-refractivity contribution < 1.29 is 14.6 Å². The molecule has 1 saturated heterocycles. The summed E-state index contributed by atoms with van der Waals surface area (Å²) in [6, 6.07) is 7.63. The maximum atomic E-state index is 9.61. The van der Waals surface area contributed by atoms with Gasteiger partial charge in [-0.05, 0) is 25.8 Å². The summed E-state index contributed by atoms with van der Waals surface area (Å²) in [6.45, 7) is 3.28. The number of ether oxygens (including phenoxy) is 2. The summed E-state index contributed by atoms with van der Waals surface area (Å²) in [5.74, 6) is 0.778. The van der Waals surface area contributed by atoms with E-state index < -0.39 is 6.10 Å². The van der Waals surface area contributed by atoms with Crippen molar-refractivity contribution in [3.05, 3.63) is 29.8 Å². The van der Waals surface area contributed by atoms with Crippen LogP contribution >= 0.6 is 0 Å². The van der Waals surface area contributed by atoms with Crippen molar-refractivity contribution in [2.75, 3.05) is 13.2 Å². The Labute approximate surface area is 102 Å². The largest absolute Gasteiger partial charge is 0.493 e. The molecule has 0 aromatic heterocycles. The van der Waals surface area contributed by atoms with Gasteiger partial charge in [0.05, 0.1) is 18.8 Å². The highest BCUT2D eigenvalue weighted by atomic mass is 16.5. The highest BCUT2D eigenvalue weighted by molar-refractivity contribution is 5.34. The molecule has 2 atom stereocenters. The van der Waals surface area contributed by atoms with E-state index in [2.05, 4.69) is 0 Å². The summed E-state index contributed by atoms with van der Waals surface area (Å²) in [4.78, 5) is 0. The van der Waals surface area contributed by atoms with Crippen LogP contribution in [-0.2, 0) is 4.74 Å². The van der Waals surface area contributed by atoms with Crippen molar-refractivity contribution in [1.29, 1.82) is 0 Å². The van der Waals surface area contributed by atoms with Crippen molar-refractivity contribution in [3.8, 4) is 5.75 Å². The van der Waals surface area contributed by atoms with Crippen LogP contribution in [0.3, 0.4) is 0 Å². The van der Waals surface area contributed by atoms with Gasteiger partial charge < -0.3 is 14.6 Å². The first-order chi connectivity index (χ1) is 8.27. The Hall–Kier alpha value is -1.06. The van der Waals surface area contributed by atoms with Crippen molar-refractivity contribution in [1.82, 2.24) is 0 Å². The first-order valence-corrected chi connectivity index (χ1v) is 6.29. The minimum absolute atomic E-state index is 0.355. The average molecular weight is 236 g/mol. The highest BCUT2D eigenvalue weighted by Crippen LogP contribution is 2.25. The number of hydrogen-bond donors (Lipinski definition) is 1. The topological polar surface area (TPSA) is 38.7 Å². The molecule has 1 heterocycles. The molecule has 2 unspecified atom stereocenters. The molecule has 17 heavy (non-hydrogen) atoms. The molecule has 1 aromatic rings. The van der Waals surface area contributed by atoms with E-state index in [9.17, 15) is 5.11 Å². The van der Waals surface area contributed by atoms with Gasteiger partial charge in [0, 0.05) is 18.6 Å². The van der Waals surface area contributed by atoms with E-state index in [-0.39, 0.29) is 0 Å². The molecule has 3 heteroatoms. The summed E-state index contributed by atoms with van der Waals surface area (Å²) < 4.78 is 11.3. The third kappa shape index (κ3) is 3.45. The molecule has 94 valence electrons. The Bertz CT molecular complexity index is 343. The van der Waals surface area contributed by atoms with Gasteiger partial charge in [-0.1, -0.05) is 18.2 Å². The molecule has 0 bridgehead atoms. The number of aliphatic hydroxyl groups excluding tert-OH is 1. The predicted octanol–water partition coefficient (Wildman–Crippen LogP) is 2.69. The van der Waals surface area contributed by atoms with E-state index in [1.54, 1.807) is 6.92 Å². The number of aliphatic hydroxyl groups is 1. The Morgan fingerprint density at radius 1 is 1.47 bits per heavy atom. The molecule has 1 N–H and O–H groups in total. The molecule has 1 aliphatic heterocycles. The van der Waals surface area contributed by atoms with Crippen molar-refractivity contribution in [2.24, 2.45) is 0 Å². The smallest absolute Gasteiger partial charge is 0.125 e. The Balaban J connectivity index is 1.85. The molecule has 0 saturated carbocycles. The lowest BCUT2D eigenvalue weighted by Gasteiger charge is -2.14. The van der Waals surface area contributed by atoms with Crippen LogP contribution in [0.1, 0.15) is 37.9 Å². The van der Waals surface area contributed by atoms with E-state index in [0.717, 1.165) is 37.2 Å². The van der Waals surface area contributed by atoms with Gasteiger partial charge in [-0.25, -0.2) is 0 Å². The monoisotopic (exact) mass is 236 g/mol. The standard InChI is InChI=1S/C14H20O3/c1-11(15)13-6-2-3-7-14(13)17-10-8-12-5-4-9-16-12/h2-3,6-7,11-12,15H,4-5,8-10H2,1H3. The minimum atomic E-state index is -0.492. The number of benzene rings is 1. The molecule has 1 aromatic carbocycles. The summed E-state index contributed by atoms with van der Waals surface area (Å²) in [7, 11) is 0. The van der Waals surface area contributed by atoms with E-state index in [4.69, 9.17) is 9.47 Å². The van der Waals surface area contributed by atoms with E-state index >= 15 is 0 Å². The minimum Gasteiger partial charge on any atom is -0.493 e. The fourth-order valence-electron chi connectivity index (χ4n) is 2.13. The van der Waals surface area contributed by atoms with Crippen LogP contribution in [0.2, 0.25) is 0 Å². The highest BCUT2D eigenvalue weighted by Gasteiger charge is 2.15. The normalized spacial score (nSPS) is 21.4. The SMILES string of the molecule is CC(O)c1ccccc1OCCC1CCCO1. The van der Waals surface area contributed by atoms with Crippen LogP contribution in [0, 0.1) is 0 Å². The maximum Gasteiger partial charge on any atom is 0.125 e. The lowest BCUT2D eigenvalue weighted by Crippen LogP contribution is -2.11. The van der Waals surface area contributed by atoms with E-state index in [1.807, 2.05) is 24.3 Å². The van der Waals surface area contributed by atoms with Crippen molar-refractivity contribution in [2.45, 2.75) is 38.4 Å². The van der Waals surface area contributed by atoms with Gasteiger partial charge >= 0.3 is 0 Å². The van der Waals surface area contributed by atoms with Gasteiger partial charge in [-0.3, -0.25) is 0 Å². The zero-order valence-electron chi connectivity index (χ0n) is 10.3. The lowest BCUT2D eigenvalue weighted by atomic mass is 10.1. The number of hydrogen-bond acceptors (Lipinski definition) is 3. The van der Waals surface area contributed by atoms with Gasteiger partial charge in [-0.15, -0.1) is 0 Å². The number of para-hydroxylation sites is 1. The van der Waals surface area contributed by atoms with Gasteiger partial charge in [0.1, 0.15) is 5.75 Å². The summed E-state index contributed by atoms with van der Waals surface area (Å²) in [5.41, 5.74) is 0.847. The second kappa shape index (κ2) is 6.03. The molecule has 0 radical (unpaired) electrons. The van der Waals surface area contributed by atoms with Crippen LogP contribution in [0.25, 0.3) is 0 Å². The Morgan fingerprint density at radius 3 is 3.00 bits per heavy atom. The van der Waals surface area contributed by atoms with Crippen LogP contribution < -0.4 is 4.74 Å². The van der Waals surface area contributed by atoms with Gasteiger partial charge in [0.2, 0.25) is 0 Å². The average Bonchev–Trinajstić information content (AvgIpc) is 2.82. The first-order valence-electron chi connectivity index (χ1n) is 6.29. The zero-order chi connectivity index (χ0) is 12.1. The fraction of sp³-hybridized carbons (Fsp3) is 0.571. The van der Waals surface area contributed by atoms with Crippen LogP contribution in [0.5, 0.6) is 5.75 Å². The third-order valence-corrected chi connectivity index (χ3v) is 3.09. The summed E-state index contributed by atoms with van der Waals surface area (Å²) in [6.07, 6.45) is 3.09. The van der Waals surface area contributed by atoms with Crippen molar-refractivity contribution in [3.63, 3.8) is 0 Å². The molecule has 0 aliphatic carbocycles. The van der Waals surface area contributed by atoms with Crippen LogP contribution in [0.4, 0.5) is 0 Å². The second-order valence-electron chi connectivity index (χ2n) is 4.49. The molecule has 1 aliphatic rings. The van der Waals surface area contributed by atoms with Crippen LogP contribution in [-0.4, -0.2) is 24.4 Å². The molecule has 2 rings (SSSR count). The van der Waals surface area contributed by atoms with Crippen molar-refractivity contribution >= 4 is 0 Å². The second-order valence-corrected chi connectivity index (χ2v) is 4.49. The van der Waals surface area contributed by atoms with E-state index in [0.29, 0.717) is 12.7 Å². The first kappa shape index (κ1) is 12.4. The fourth-order valence-corrected chi connectivity index (χ4v) is 2.13. The summed E-state index contributed by atoms with van der Waals surface area (Å²) >= 11 is 0. The number of rotatable bonds is 5. The molecule has 3 nitrogen and oxygen atoms in total. The molecule has 0 amide bonds.